The van der Waals surface area contributed by atoms with Crippen LogP contribution in [-0.2, 0) is 9.53 Å². The molecule has 0 N–H and O–H groups in total. The predicted molar refractivity (Wildman–Crippen MR) is 140 cm³/mol. The molecule has 0 radical (unpaired) electrons. The number of hydrogen-bond acceptors (Lipinski definition) is 2. The van der Waals surface area contributed by atoms with Crippen molar-refractivity contribution in [2.45, 2.75) is 119 Å². The Morgan fingerprint density at radius 2 is 1.56 bits per heavy atom. The average Bonchev–Trinajstić information content (AvgIpc) is 3.10. The molecule has 0 bridgehead atoms. The summed E-state index contributed by atoms with van der Waals surface area (Å²) in [7, 11) is 0. The molecule has 34 heavy (non-hydrogen) atoms. The molecule has 0 aliphatic heterocycles. The van der Waals surface area contributed by atoms with Crippen LogP contribution in [0.5, 0.6) is 0 Å². The predicted octanol–water partition coefficient (Wildman–Crippen LogP) is 8.52. The summed E-state index contributed by atoms with van der Waals surface area (Å²) in [6.07, 6.45) is 14.2. The Balaban J connectivity index is 1.51. The van der Waals surface area contributed by atoms with Gasteiger partial charge in [-0.1, -0.05) is 65.3 Å². The van der Waals surface area contributed by atoms with Gasteiger partial charge in [-0.15, -0.1) is 0 Å². The number of ether oxygens (including phenoxy) is 1. The van der Waals surface area contributed by atoms with E-state index in [4.69, 9.17) is 4.74 Å². The zero-order valence-electron chi connectivity index (χ0n) is 23.4. The van der Waals surface area contributed by atoms with Crippen LogP contribution in [0.2, 0.25) is 0 Å². The smallest absolute Gasteiger partial charge is 0.302 e. The van der Waals surface area contributed by atoms with Gasteiger partial charge in [-0.2, -0.15) is 0 Å². The highest BCUT2D eigenvalue weighted by atomic mass is 16.5. The molecule has 0 spiro atoms. The molecule has 5 rings (SSSR count). The molecule has 2 heteroatoms. The van der Waals surface area contributed by atoms with Gasteiger partial charge in [0, 0.05) is 12.3 Å². The molecule has 0 saturated heterocycles. The van der Waals surface area contributed by atoms with Crippen LogP contribution >= 0.6 is 0 Å². The van der Waals surface area contributed by atoms with Gasteiger partial charge in [-0.05, 0) is 110 Å². The lowest BCUT2D eigenvalue weighted by molar-refractivity contribution is -0.178. The topological polar surface area (TPSA) is 26.3 Å². The third-order valence-electron chi connectivity index (χ3n) is 13.2. The first-order chi connectivity index (χ1) is 15.7. The normalized spacial score (nSPS) is 51.3. The molecule has 190 valence electrons. The van der Waals surface area contributed by atoms with Crippen molar-refractivity contribution in [2.75, 3.05) is 0 Å². The van der Waals surface area contributed by atoms with Crippen molar-refractivity contribution in [3.05, 3.63) is 23.8 Å². The summed E-state index contributed by atoms with van der Waals surface area (Å²) >= 11 is 0. The molecule has 9 atom stereocenters. The third-order valence-corrected chi connectivity index (χ3v) is 13.2. The molecule has 0 aromatic carbocycles. The van der Waals surface area contributed by atoms with Crippen LogP contribution in [0.3, 0.4) is 0 Å². The van der Waals surface area contributed by atoms with E-state index in [2.05, 4.69) is 61.1 Å². The van der Waals surface area contributed by atoms with Crippen molar-refractivity contribution in [3.63, 3.8) is 0 Å². The molecule has 5 aliphatic rings. The number of rotatable bonds is 2. The first-order valence-corrected chi connectivity index (χ1v) is 14.2. The fourth-order valence-corrected chi connectivity index (χ4v) is 11.3. The summed E-state index contributed by atoms with van der Waals surface area (Å²) in [5, 5.41) is 0. The average molecular weight is 467 g/mol. The van der Waals surface area contributed by atoms with Crippen LogP contribution in [0, 0.1) is 50.7 Å². The van der Waals surface area contributed by atoms with Crippen molar-refractivity contribution < 1.29 is 9.53 Å². The first kappa shape index (κ1) is 24.6. The number of carbonyl (C=O) groups excluding carboxylic acids is 1. The zero-order valence-corrected chi connectivity index (χ0v) is 23.4. The molecule has 4 saturated carbocycles. The highest BCUT2D eigenvalue weighted by molar-refractivity contribution is 5.66. The minimum Gasteiger partial charge on any atom is -0.462 e. The molecule has 5 aliphatic carbocycles. The molecule has 2 nitrogen and oxygen atoms in total. The molecular formula is C32H50O2. The van der Waals surface area contributed by atoms with Crippen LogP contribution < -0.4 is 0 Å². The van der Waals surface area contributed by atoms with E-state index in [1.807, 2.05) is 0 Å². The Morgan fingerprint density at radius 1 is 0.882 bits per heavy atom. The second-order valence-electron chi connectivity index (χ2n) is 14.8. The Hall–Kier alpha value is -1.05. The van der Waals surface area contributed by atoms with Crippen molar-refractivity contribution in [2.24, 2.45) is 50.7 Å². The standard InChI is InChI=1S/C32H50O2/c1-20(2)22-10-13-26-30(22,7)18-19-31(8)24-11-12-25-28(4,5)27(34-21(3)33)15-16-29(25,6)23(24)14-17-32(26,31)9/h14,22,24-27H,1,10-13,15-19H2,2-9H3/t22-,24?,25-,26?,27-,29+,30?,31+,32?/m0/s1. The quantitative estimate of drug-likeness (QED) is 0.301. The van der Waals surface area contributed by atoms with Gasteiger partial charge in [0.2, 0.25) is 0 Å². The molecular weight excluding hydrogens is 416 g/mol. The summed E-state index contributed by atoms with van der Waals surface area (Å²) in [6, 6.07) is 0. The monoisotopic (exact) mass is 466 g/mol. The second-order valence-corrected chi connectivity index (χ2v) is 14.8. The Labute approximate surface area is 209 Å². The maximum Gasteiger partial charge on any atom is 0.302 e. The van der Waals surface area contributed by atoms with E-state index in [-0.39, 0.29) is 22.9 Å². The minimum absolute atomic E-state index is 0.0252. The Morgan fingerprint density at radius 3 is 2.21 bits per heavy atom. The third kappa shape index (κ3) is 2.95. The lowest BCUT2D eigenvalue weighted by atomic mass is 9.36. The van der Waals surface area contributed by atoms with Crippen LogP contribution in [-0.4, -0.2) is 12.1 Å². The van der Waals surface area contributed by atoms with Crippen molar-refractivity contribution in [3.8, 4) is 0 Å². The number of allylic oxidation sites excluding steroid dienone is 3. The van der Waals surface area contributed by atoms with Crippen molar-refractivity contribution in [1.82, 2.24) is 0 Å². The lowest BCUT2D eigenvalue weighted by Gasteiger charge is -2.69. The number of carbonyl (C=O) groups is 1. The van der Waals surface area contributed by atoms with Crippen molar-refractivity contribution in [1.29, 1.82) is 0 Å². The van der Waals surface area contributed by atoms with Crippen LogP contribution in [0.15, 0.2) is 23.8 Å². The molecule has 0 heterocycles. The highest BCUT2D eigenvalue weighted by Gasteiger charge is 2.68. The van der Waals surface area contributed by atoms with Gasteiger partial charge in [0.1, 0.15) is 6.10 Å². The molecule has 0 aromatic rings. The highest BCUT2D eigenvalue weighted by Crippen LogP contribution is 2.76. The first-order valence-electron chi connectivity index (χ1n) is 14.2. The maximum atomic E-state index is 11.8. The summed E-state index contributed by atoms with van der Waals surface area (Å²) in [5.74, 6) is 2.68. The molecule has 0 amide bonds. The number of esters is 1. The fourth-order valence-electron chi connectivity index (χ4n) is 11.3. The van der Waals surface area contributed by atoms with Crippen LogP contribution in [0.4, 0.5) is 0 Å². The van der Waals surface area contributed by atoms with Gasteiger partial charge in [0.25, 0.3) is 0 Å². The summed E-state index contributed by atoms with van der Waals surface area (Å²) < 4.78 is 5.88. The van der Waals surface area contributed by atoms with Gasteiger partial charge in [0.15, 0.2) is 0 Å². The van der Waals surface area contributed by atoms with E-state index in [0.717, 1.165) is 18.8 Å². The lowest BCUT2D eigenvalue weighted by Crippen LogP contribution is -2.62. The zero-order chi connectivity index (χ0) is 24.9. The van der Waals surface area contributed by atoms with E-state index in [0.29, 0.717) is 34.0 Å². The Kier molecular flexibility index (Phi) is 5.42. The Bertz CT molecular complexity index is 927. The van der Waals surface area contributed by atoms with Gasteiger partial charge >= 0.3 is 5.97 Å². The van der Waals surface area contributed by atoms with Gasteiger partial charge in [0.05, 0.1) is 0 Å². The van der Waals surface area contributed by atoms with Crippen LogP contribution in [0.25, 0.3) is 0 Å². The molecule has 0 aromatic heterocycles. The second kappa shape index (κ2) is 7.48. The summed E-state index contributed by atoms with van der Waals surface area (Å²) in [5.41, 5.74) is 4.67. The maximum absolute atomic E-state index is 11.8. The van der Waals surface area contributed by atoms with E-state index in [9.17, 15) is 4.79 Å². The van der Waals surface area contributed by atoms with Gasteiger partial charge in [-0.25, -0.2) is 0 Å². The number of hydrogen-bond donors (Lipinski definition) is 0. The summed E-state index contributed by atoms with van der Waals surface area (Å²) in [6.45, 7) is 23.6. The van der Waals surface area contributed by atoms with E-state index < -0.39 is 0 Å². The van der Waals surface area contributed by atoms with Gasteiger partial charge in [-0.3, -0.25) is 4.79 Å². The minimum atomic E-state index is -0.120. The molecule has 4 fully saturated rings. The van der Waals surface area contributed by atoms with E-state index in [1.54, 1.807) is 12.5 Å². The van der Waals surface area contributed by atoms with Gasteiger partial charge < -0.3 is 4.74 Å². The fraction of sp³-hybridized carbons (Fsp3) is 0.844. The summed E-state index contributed by atoms with van der Waals surface area (Å²) in [4.78, 5) is 11.8. The number of fused-ring (bicyclic) bond motifs is 7. The van der Waals surface area contributed by atoms with E-state index >= 15 is 0 Å². The van der Waals surface area contributed by atoms with Crippen molar-refractivity contribution >= 4 is 5.97 Å². The SMILES string of the molecule is C=C(C)[C@@H]1CCC2C1(C)CC[C@]1(C)C3CC[C@H]4C(C)(C)[C@@H](OC(C)=O)CC[C@]4(C)C3=CCC21C. The largest absolute Gasteiger partial charge is 0.462 e. The molecule has 4 unspecified atom stereocenters. The van der Waals surface area contributed by atoms with E-state index in [1.165, 1.54) is 50.5 Å². The van der Waals surface area contributed by atoms with Crippen LogP contribution in [0.1, 0.15) is 113 Å².